The first-order chi connectivity index (χ1) is 17.8. The van der Waals surface area contributed by atoms with Gasteiger partial charge in [-0.25, -0.2) is 4.99 Å². The van der Waals surface area contributed by atoms with Gasteiger partial charge in [0.1, 0.15) is 5.60 Å². The second kappa shape index (κ2) is 10.2. The number of carboxylic acid groups (broad SMARTS) is 1. The van der Waals surface area contributed by atoms with Crippen molar-refractivity contribution in [1.82, 2.24) is 10.6 Å². The van der Waals surface area contributed by atoms with Crippen molar-refractivity contribution in [3.63, 3.8) is 0 Å². The summed E-state index contributed by atoms with van der Waals surface area (Å²) >= 11 is 0. The number of nitrogens with one attached hydrogen (secondary N) is 3. The summed E-state index contributed by atoms with van der Waals surface area (Å²) in [6.45, 7) is 4.07. The zero-order chi connectivity index (χ0) is 26.4. The molecule has 8 unspecified atom stereocenters. The smallest absolute Gasteiger partial charge is 0.293 e. The summed E-state index contributed by atoms with van der Waals surface area (Å²) in [5.74, 6) is 0.550. The molecule has 5 aliphatic rings. The van der Waals surface area contributed by atoms with Gasteiger partial charge in [-0.1, -0.05) is 18.4 Å². The highest BCUT2D eigenvalue weighted by atomic mass is 16.5. The van der Waals surface area contributed by atoms with E-state index in [1.807, 2.05) is 14.1 Å². The number of methoxy groups -OCH3 is 1. The van der Waals surface area contributed by atoms with E-state index >= 15 is 0 Å². The Bertz CT molecular complexity index is 955. The third-order valence-corrected chi connectivity index (χ3v) is 11.2. The zero-order valence-corrected chi connectivity index (χ0v) is 22.9. The number of aliphatic carboxylic acids is 1. The van der Waals surface area contributed by atoms with Crippen LogP contribution in [0.2, 0.25) is 0 Å². The Balaban J connectivity index is 1.69. The van der Waals surface area contributed by atoms with Gasteiger partial charge in [0.25, 0.3) is 5.96 Å². The van der Waals surface area contributed by atoms with Gasteiger partial charge in [-0.15, -0.1) is 0 Å². The Hall–Kier alpha value is -1.52. The van der Waals surface area contributed by atoms with Crippen LogP contribution < -0.4 is 26.4 Å². The molecule has 8 atom stereocenters. The van der Waals surface area contributed by atoms with E-state index in [9.17, 15) is 15.0 Å². The number of fused-ring (bicyclic) bond motifs is 1. The number of hydrogen-bond acceptors (Lipinski definition) is 7. The third-order valence-electron chi connectivity index (χ3n) is 11.2. The Morgan fingerprint density at radius 1 is 1.19 bits per heavy atom. The summed E-state index contributed by atoms with van der Waals surface area (Å²) < 4.78 is 5.86. The molecular weight excluding hydrogens is 470 g/mol. The first-order valence-corrected chi connectivity index (χ1v) is 14.4. The first-order valence-electron chi connectivity index (χ1n) is 14.4. The largest absolute Gasteiger partial charge is 0.545 e. The molecule has 0 aromatic heterocycles. The van der Waals surface area contributed by atoms with Crippen LogP contribution in [0.1, 0.15) is 57.8 Å². The third kappa shape index (κ3) is 3.83. The SMILES string of the molecule is CNCCN=C(N)[NH+]1CCC(CNC)C2(C1)C1CCC3CCCCC(OC)C4(O)CC32C(=C4C(=O)[O-])C1. The molecule has 208 valence electrons. The number of rotatable bonds is 7. The summed E-state index contributed by atoms with van der Waals surface area (Å²) in [6.07, 6.45) is 7.59. The zero-order valence-electron chi connectivity index (χ0n) is 22.9. The van der Waals surface area contributed by atoms with Crippen molar-refractivity contribution in [3.05, 3.63) is 11.1 Å². The molecule has 6 N–H and O–H groups in total. The van der Waals surface area contributed by atoms with Crippen LogP contribution in [0.25, 0.3) is 0 Å². The number of carbonyl (C=O) groups excluding carboxylic acids is 1. The highest BCUT2D eigenvalue weighted by molar-refractivity contribution is 5.90. The molecule has 2 spiro atoms. The van der Waals surface area contributed by atoms with E-state index in [1.165, 1.54) is 4.90 Å². The maximum Gasteiger partial charge on any atom is 0.293 e. The molecule has 9 heteroatoms. The van der Waals surface area contributed by atoms with Crippen molar-refractivity contribution in [2.24, 2.45) is 39.3 Å². The molecule has 1 aliphatic heterocycles. The number of quaternary nitrogens is 1. The van der Waals surface area contributed by atoms with Crippen molar-refractivity contribution in [2.75, 3.05) is 53.9 Å². The fourth-order valence-corrected chi connectivity index (χ4v) is 9.98. The van der Waals surface area contributed by atoms with E-state index in [2.05, 4.69) is 10.6 Å². The molecule has 1 heterocycles. The van der Waals surface area contributed by atoms with E-state index in [4.69, 9.17) is 15.5 Å². The van der Waals surface area contributed by atoms with Crippen LogP contribution in [-0.2, 0) is 9.53 Å². The standard InChI is InChI=1S/C28H47N5O4/c1-30-11-12-32-25(29)33-13-10-20(15-31-2)27(17-33)19-9-8-18-6-4-5-7-22(37-3)28(36)16-26(18,27)21(14-19)23(28)24(34)35/h18-20,22,30-31,36H,4-17H2,1-3H3,(H2,29,32)(H,34,35). The van der Waals surface area contributed by atoms with Crippen LogP contribution in [0.3, 0.4) is 0 Å². The van der Waals surface area contributed by atoms with Gasteiger partial charge < -0.3 is 36.1 Å². The number of likely N-dealkylation sites (N-methyl/N-ethyl adjacent to an activating group) is 1. The number of likely N-dealkylation sites (tertiary alicyclic amines) is 1. The van der Waals surface area contributed by atoms with E-state index in [0.717, 1.165) is 76.7 Å². The van der Waals surface area contributed by atoms with Gasteiger partial charge in [0.2, 0.25) is 0 Å². The number of aliphatic hydroxyl groups is 1. The molecule has 9 nitrogen and oxygen atoms in total. The normalized spacial score (nSPS) is 43.6. The Labute approximate surface area is 221 Å². The minimum atomic E-state index is -1.52. The lowest BCUT2D eigenvalue weighted by atomic mass is 9.44. The number of guanidine groups is 1. The summed E-state index contributed by atoms with van der Waals surface area (Å²) in [6, 6.07) is 0. The van der Waals surface area contributed by atoms with Crippen molar-refractivity contribution < 1.29 is 24.6 Å². The van der Waals surface area contributed by atoms with Crippen LogP contribution in [0.4, 0.5) is 0 Å². The summed E-state index contributed by atoms with van der Waals surface area (Å²) in [7, 11) is 5.54. The van der Waals surface area contributed by atoms with Gasteiger partial charge in [0, 0.05) is 36.5 Å². The molecule has 4 fully saturated rings. The predicted octanol–water partition coefficient (Wildman–Crippen LogP) is -1.18. The monoisotopic (exact) mass is 517 g/mol. The number of aliphatic imine (C=N–C) groups is 1. The molecule has 1 saturated heterocycles. The average molecular weight is 518 g/mol. The second-order valence-electron chi connectivity index (χ2n) is 12.4. The lowest BCUT2D eigenvalue weighted by Crippen LogP contribution is -3.19. The van der Waals surface area contributed by atoms with Crippen molar-refractivity contribution in [3.8, 4) is 0 Å². The first kappa shape index (κ1) is 27.1. The van der Waals surface area contributed by atoms with Crippen LogP contribution in [0.5, 0.6) is 0 Å². The van der Waals surface area contributed by atoms with E-state index in [0.29, 0.717) is 43.1 Å². The Morgan fingerprint density at radius 3 is 2.65 bits per heavy atom. The molecule has 0 radical (unpaired) electrons. The van der Waals surface area contributed by atoms with Crippen LogP contribution in [0, 0.1) is 28.6 Å². The number of nitrogens with zero attached hydrogens (tertiary/aromatic N) is 1. The van der Waals surface area contributed by atoms with Crippen LogP contribution in [-0.4, -0.2) is 82.7 Å². The van der Waals surface area contributed by atoms with Crippen LogP contribution >= 0.6 is 0 Å². The van der Waals surface area contributed by atoms with Crippen molar-refractivity contribution >= 4 is 11.9 Å². The fourth-order valence-electron chi connectivity index (χ4n) is 9.98. The van der Waals surface area contributed by atoms with Crippen LogP contribution in [0.15, 0.2) is 16.1 Å². The molecule has 0 amide bonds. The van der Waals surface area contributed by atoms with E-state index in [-0.39, 0.29) is 16.4 Å². The molecule has 4 aliphatic carbocycles. The Kier molecular flexibility index (Phi) is 7.48. The molecule has 0 aromatic carbocycles. The van der Waals surface area contributed by atoms with Gasteiger partial charge in [-0.3, -0.25) is 4.90 Å². The van der Waals surface area contributed by atoms with E-state index < -0.39 is 17.7 Å². The number of nitrogens with two attached hydrogens (primary N) is 1. The fraction of sp³-hybridized carbons (Fsp3) is 0.857. The number of piperidine rings is 1. The molecule has 0 aromatic rings. The minimum Gasteiger partial charge on any atom is -0.545 e. The predicted molar refractivity (Wildman–Crippen MR) is 140 cm³/mol. The number of hydrogen-bond donors (Lipinski definition) is 5. The minimum absolute atomic E-state index is 0.154. The van der Waals surface area contributed by atoms with Gasteiger partial charge >= 0.3 is 0 Å². The molecular formula is C28H47N5O4. The lowest BCUT2D eigenvalue weighted by Gasteiger charge is -2.61. The van der Waals surface area contributed by atoms with Gasteiger partial charge in [-0.05, 0) is 76.9 Å². The van der Waals surface area contributed by atoms with E-state index in [1.54, 1.807) is 7.11 Å². The number of ether oxygens (including phenoxy) is 1. The van der Waals surface area contributed by atoms with Crippen molar-refractivity contribution in [1.29, 1.82) is 0 Å². The second-order valence-corrected chi connectivity index (χ2v) is 12.4. The van der Waals surface area contributed by atoms with Gasteiger partial charge in [0.05, 0.1) is 31.7 Å². The van der Waals surface area contributed by atoms with Crippen molar-refractivity contribution in [2.45, 2.75) is 69.5 Å². The maximum atomic E-state index is 12.8. The average Bonchev–Trinajstić information content (AvgIpc) is 3.23. The molecule has 5 rings (SSSR count). The molecule has 3 bridgehead atoms. The van der Waals surface area contributed by atoms with Gasteiger partial charge in [0.15, 0.2) is 0 Å². The molecule has 3 saturated carbocycles. The number of carbonyl (C=O) groups is 1. The maximum absolute atomic E-state index is 12.8. The summed E-state index contributed by atoms with van der Waals surface area (Å²) in [5, 5.41) is 31.8. The summed E-state index contributed by atoms with van der Waals surface area (Å²) in [4.78, 5) is 18.8. The lowest BCUT2D eigenvalue weighted by molar-refractivity contribution is -0.828. The molecule has 37 heavy (non-hydrogen) atoms. The highest BCUT2D eigenvalue weighted by Gasteiger charge is 2.77. The number of carboxylic acids is 1. The Morgan fingerprint density at radius 2 is 1.95 bits per heavy atom. The quantitative estimate of drug-likeness (QED) is 0.163. The number of allylic oxidation sites excluding steroid dienone is 1. The highest BCUT2D eigenvalue weighted by Crippen LogP contribution is 2.77. The topological polar surface area (TPSA) is 136 Å². The summed E-state index contributed by atoms with van der Waals surface area (Å²) in [5.41, 5.74) is 5.72. The van der Waals surface area contributed by atoms with Gasteiger partial charge in [-0.2, -0.15) is 0 Å².